The van der Waals surface area contributed by atoms with E-state index in [0.717, 1.165) is 11.1 Å². The molecule has 3 nitrogen and oxygen atoms in total. The molecule has 3 aromatic rings. The number of hydrogen-bond acceptors (Lipinski definition) is 2. The van der Waals surface area contributed by atoms with Gasteiger partial charge in [0.2, 0.25) is 0 Å². The zero-order valence-corrected chi connectivity index (χ0v) is 10.1. The molecule has 4 heteroatoms. The van der Waals surface area contributed by atoms with E-state index in [2.05, 4.69) is 4.98 Å². The fourth-order valence-electron chi connectivity index (χ4n) is 1.93. The Morgan fingerprint density at radius 3 is 2.61 bits per heavy atom. The summed E-state index contributed by atoms with van der Waals surface area (Å²) in [5.74, 6) is -0.451. The number of nitrogens with one attached hydrogen (secondary N) is 1. The van der Waals surface area contributed by atoms with Gasteiger partial charge in [-0.15, -0.1) is 11.6 Å². The number of oxazole rings is 1. The maximum Gasteiger partial charge on any atom is 0.417 e. The lowest BCUT2D eigenvalue weighted by Gasteiger charge is -2.09. The zero-order valence-electron chi connectivity index (χ0n) is 9.39. The Balaban J connectivity index is 2.06. The molecule has 0 amide bonds. The second kappa shape index (κ2) is 4.35. The van der Waals surface area contributed by atoms with E-state index in [1.54, 1.807) is 12.1 Å². The van der Waals surface area contributed by atoms with Gasteiger partial charge in [0, 0.05) is 0 Å². The number of fused-ring (bicyclic) bond motifs is 1. The standard InChI is InChI=1S/C14H10ClNO2/c15-13(9-4-2-1-3-5-9)10-6-7-11-12(8-10)18-14(17)16-11/h1-8,13H,(H,16,17). The maximum absolute atomic E-state index is 11.1. The van der Waals surface area contributed by atoms with Crippen LogP contribution in [0.4, 0.5) is 0 Å². The summed E-state index contributed by atoms with van der Waals surface area (Å²) in [6.45, 7) is 0. The van der Waals surface area contributed by atoms with Crippen molar-refractivity contribution in [2.45, 2.75) is 5.38 Å². The number of alkyl halides is 1. The minimum atomic E-state index is -0.451. The van der Waals surface area contributed by atoms with Crippen LogP contribution in [0, 0.1) is 0 Å². The number of halogens is 1. The summed E-state index contributed by atoms with van der Waals surface area (Å²) in [5, 5.41) is -0.254. The van der Waals surface area contributed by atoms with E-state index in [9.17, 15) is 4.79 Å². The predicted molar refractivity (Wildman–Crippen MR) is 71.0 cm³/mol. The molecule has 0 saturated carbocycles. The van der Waals surface area contributed by atoms with Gasteiger partial charge in [-0.05, 0) is 23.3 Å². The number of hydrogen-bond donors (Lipinski definition) is 1. The highest BCUT2D eigenvalue weighted by Crippen LogP contribution is 2.29. The van der Waals surface area contributed by atoms with Crippen molar-refractivity contribution in [3.63, 3.8) is 0 Å². The van der Waals surface area contributed by atoms with Crippen molar-refractivity contribution in [1.29, 1.82) is 0 Å². The Bertz CT molecular complexity index is 730. The molecule has 0 aliphatic heterocycles. The molecule has 1 aromatic heterocycles. The number of benzene rings is 2. The summed E-state index contributed by atoms with van der Waals surface area (Å²) in [4.78, 5) is 13.7. The summed E-state index contributed by atoms with van der Waals surface area (Å²) < 4.78 is 5.02. The summed E-state index contributed by atoms with van der Waals surface area (Å²) in [6, 6.07) is 15.2. The second-order valence-electron chi connectivity index (χ2n) is 4.04. The Morgan fingerprint density at radius 1 is 1.06 bits per heavy atom. The third-order valence-corrected chi connectivity index (χ3v) is 3.33. The van der Waals surface area contributed by atoms with Gasteiger partial charge in [0.25, 0.3) is 0 Å². The van der Waals surface area contributed by atoms with Crippen molar-refractivity contribution in [3.05, 3.63) is 70.2 Å². The molecule has 3 rings (SSSR count). The lowest BCUT2D eigenvalue weighted by atomic mass is 10.0. The molecule has 0 aliphatic carbocycles. The topological polar surface area (TPSA) is 46.0 Å². The van der Waals surface area contributed by atoms with Crippen LogP contribution in [-0.4, -0.2) is 4.98 Å². The average Bonchev–Trinajstić information content (AvgIpc) is 2.78. The third kappa shape index (κ3) is 1.93. The molecular weight excluding hydrogens is 250 g/mol. The Kier molecular flexibility index (Phi) is 2.68. The minimum absolute atomic E-state index is 0.254. The Hall–Kier alpha value is -2.00. The van der Waals surface area contributed by atoms with Gasteiger partial charge in [0.15, 0.2) is 5.58 Å². The fraction of sp³-hybridized carbons (Fsp3) is 0.0714. The zero-order chi connectivity index (χ0) is 12.5. The highest BCUT2D eigenvalue weighted by molar-refractivity contribution is 6.22. The Morgan fingerprint density at radius 2 is 1.83 bits per heavy atom. The fourth-order valence-corrected chi connectivity index (χ4v) is 2.22. The molecule has 18 heavy (non-hydrogen) atoms. The Labute approximate surface area is 108 Å². The van der Waals surface area contributed by atoms with Crippen LogP contribution in [0.25, 0.3) is 11.1 Å². The van der Waals surface area contributed by atoms with Crippen molar-refractivity contribution < 1.29 is 4.42 Å². The third-order valence-electron chi connectivity index (χ3n) is 2.83. The van der Waals surface area contributed by atoms with Crippen LogP contribution in [0.5, 0.6) is 0 Å². The molecule has 0 saturated heterocycles. The molecule has 0 fully saturated rings. The summed E-state index contributed by atoms with van der Waals surface area (Å²) in [5.41, 5.74) is 3.12. The van der Waals surface area contributed by atoms with E-state index < -0.39 is 5.76 Å². The van der Waals surface area contributed by atoms with Gasteiger partial charge in [-0.25, -0.2) is 4.79 Å². The predicted octanol–water partition coefficient (Wildman–Crippen LogP) is 3.45. The minimum Gasteiger partial charge on any atom is -0.408 e. The molecule has 0 radical (unpaired) electrons. The number of rotatable bonds is 2. The molecule has 1 N–H and O–H groups in total. The van der Waals surface area contributed by atoms with Gasteiger partial charge in [0.05, 0.1) is 10.9 Å². The van der Waals surface area contributed by atoms with Crippen molar-refractivity contribution in [2.24, 2.45) is 0 Å². The van der Waals surface area contributed by atoms with E-state index in [0.29, 0.717) is 11.1 Å². The molecular formula is C14H10ClNO2. The molecule has 2 aromatic carbocycles. The maximum atomic E-state index is 11.1. The first-order valence-corrected chi connectivity index (χ1v) is 5.99. The first-order valence-electron chi connectivity index (χ1n) is 5.56. The van der Waals surface area contributed by atoms with Crippen molar-refractivity contribution in [1.82, 2.24) is 4.98 Å². The smallest absolute Gasteiger partial charge is 0.408 e. The van der Waals surface area contributed by atoms with E-state index in [4.69, 9.17) is 16.0 Å². The van der Waals surface area contributed by atoms with E-state index in [-0.39, 0.29) is 5.38 Å². The van der Waals surface area contributed by atoms with Crippen molar-refractivity contribution in [3.8, 4) is 0 Å². The van der Waals surface area contributed by atoms with Gasteiger partial charge in [-0.3, -0.25) is 4.98 Å². The first-order chi connectivity index (χ1) is 8.74. The van der Waals surface area contributed by atoms with E-state index in [1.165, 1.54) is 0 Å². The second-order valence-corrected chi connectivity index (χ2v) is 4.48. The van der Waals surface area contributed by atoms with E-state index in [1.807, 2.05) is 36.4 Å². The van der Waals surface area contributed by atoms with Crippen LogP contribution in [0.3, 0.4) is 0 Å². The van der Waals surface area contributed by atoms with Gasteiger partial charge in [-0.2, -0.15) is 0 Å². The van der Waals surface area contributed by atoms with Crippen LogP contribution < -0.4 is 5.76 Å². The number of H-pyrrole nitrogens is 1. The van der Waals surface area contributed by atoms with Gasteiger partial charge in [0.1, 0.15) is 0 Å². The molecule has 0 spiro atoms. The van der Waals surface area contributed by atoms with Crippen LogP contribution in [-0.2, 0) is 0 Å². The van der Waals surface area contributed by atoms with Crippen molar-refractivity contribution in [2.75, 3.05) is 0 Å². The summed E-state index contributed by atoms with van der Waals surface area (Å²) in [6.07, 6.45) is 0. The monoisotopic (exact) mass is 259 g/mol. The quantitative estimate of drug-likeness (QED) is 0.717. The number of aromatic amines is 1. The lowest BCUT2D eigenvalue weighted by Crippen LogP contribution is -1.92. The van der Waals surface area contributed by atoms with Crippen LogP contribution in [0.15, 0.2) is 57.7 Å². The van der Waals surface area contributed by atoms with Gasteiger partial charge < -0.3 is 4.42 Å². The van der Waals surface area contributed by atoms with Crippen molar-refractivity contribution >= 4 is 22.7 Å². The normalized spacial score (nSPS) is 12.7. The molecule has 1 unspecified atom stereocenters. The van der Waals surface area contributed by atoms with Crippen LogP contribution in [0.1, 0.15) is 16.5 Å². The summed E-state index contributed by atoms with van der Waals surface area (Å²) in [7, 11) is 0. The molecule has 0 bridgehead atoms. The largest absolute Gasteiger partial charge is 0.417 e. The first kappa shape index (κ1) is 11.1. The van der Waals surface area contributed by atoms with Crippen LogP contribution >= 0.6 is 11.6 Å². The highest BCUT2D eigenvalue weighted by Gasteiger charge is 2.12. The highest BCUT2D eigenvalue weighted by atomic mass is 35.5. The van der Waals surface area contributed by atoms with Gasteiger partial charge in [-0.1, -0.05) is 36.4 Å². The average molecular weight is 260 g/mol. The molecule has 90 valence electrons. The number of aromatic nitrogens is 1. The molecule has 0 aliphatic rings. The van der Waals surface area contributed by atoms with Gasteiger partial charge >= 0.3 is 5.76 Å². The molecule has 1 atom stereocenters. The lowest BCUT2D eigenvalue weighted by molar-refractivity contribution is 0.555. The molecule has 1 heterocycles. The summed E-state index contributed by atoms with van der Waals surface area (Å²) >= 11 is 6.41. The van der Waals surface area contributed by atoms with E-state index >= 15 is 0 Å². The van der Waals surface area contributed by atoms with Crippen LogP contribution in [0.2, 0.25) is 0 Å². The SMILES string of the molecule is O=c1[nH]c2ccc(C(Cl)c3ccccc3)cc2o1.